The average molecular weight is 253 g/mol. The summed E-state index contributed by atoms with van der Waals surface area (Å²) in [7, 11) is 4.06. The van der Waals surface area contributed by atoms with Crippen LogP contribution >= 0.6 is 11.6 Å². The highest BCUT2D eigenvalue weighted by Gasteiger charge is 2.16. The summed E-state index contributed by atoms with van der Waals surface area (Å²) in [6.45, 7) is 1.07. The molecule has 0 spiro atoms. The van der Waals surface area contributed by atoms with Crippen LogP contribution in [0.1, 0.15) is 25.7 Å². The van der Waals surface area contributed by atoms with Crippen molar-refractivity contribution >= 4 is 23.0 Å². The van der Waals surface area contributed by atoms with Crippen LogP contribution in [0, 0.1) is 5.92 Å². The second-order valence-corrected chi connectivity index (χ2v) is 5.47. The molecule has 1 saturated carbocycles. The number of halogens is 1. The van der Waals surface area contributed by atoms with Gasteiger partial charge in [0.1, 0.15) is 0 Å². The Morgan fingerprint density at radius 3 is 2.65 bits per heavy atom. The lowest BCUT2D eigenvalue weighted by Gasteiger charge is -2.21. The van der Waals surface area contributed by atoms with Crippen molar-refractivity contribution < 1.29 is 0 Å². The first-order valence-electron chi connectivity index (χ1n) is 6.38. The van der Waals surface area contributed by atoms with E-state index in [1.54, 1.807) is 0 Å². The lowest BCUT2D eigenvalue weighted by Crippen LogP contribution is -2.16. The number of hydrogen-bond donors (Lipinski definition) is 1. The third-order valence-corrected chi connectivity index (χ3v) is 3.79. The monoisotopic (exact) mass is 252 g/mol. The van der Waals surface area contributed by atoms with Gasteiger partial charge in [-0.3, -0.25) is 0 Å². The molecule has 3 heteroatoms. The Bertz CT molecular complexity index is 370. The Labute approximate surface area is 109 Å². The van der Waals surface area contributed by atoms with Crippen molar-refractivity contribution in [2.45, 2.75) is 25.7 Å². The molecule has 1 aromatic carbocycles. The van der Waals surface area contributed by atoms with E-state index in [-0.39, 0.29) is 0 Å². The van der Waals surface area contributed by atoms with Gasteiger partial charge in [0.2, 0.25) is 0 Å². The van der Waals surface area contributed by atoms with Crippen molar-refractivity contribution in [1.29, 1.82) is 0 Å². The van der Waals surface area contributed by atoms with Gasteiger partial charge in [-0.25, -0.2) is 0 Å². The van der Waals surface area contributed by atoms with E-state index in [4.69, 9.17) is 11.6 Å². The Kier molecular flexibility index (Phi) is 4.16. The number of rotatable bonds is 4. The van der Waals surface area contributed by atoms with Gasteiger partial charge < -0.3 is 10.2 Å². The molecule has 2 rings (SSSR count). The molecule has 1 fully saturated rings. The van der Waals surface area contributed by atoms with Gasteiger partial charge in [-0.15, -0.1) is 0 Å². The zero-order valence-electron chi connectivity index (χ0n) is 10.7. The first-order valence-corrected chi connectivity index (χ1v) is 6.76. The number of nitrogens with zero attached hydrogens (tertiary/aromatic N) is 1. The second kappa shape index (κ2) is 5.63. The molecule has 0 heterocycles. The molecule has 17 heavy (non-hydrogen) atoms. The van der Waals surface area contributed by atoms with Crippen LogP contribution in [-0.2, 0) is 0 Å². The first kappa shape index (κ1) is 12.6. The van der Waals surface area contributed by atoms with Crippen molar-refractivity contribution in [3.8, 4) is 0 Å². The van der Waals surface area contributed by atoms with E-state index >= 15 is 0 Å². The molecular formula is C14H21ClN2. The van der Waals surface area contributed by atoms with E-state index in [0.29, 0.717) is 0 Å². The molecule has 0 radical (unpaired) electrons. The fourth-order valence-electron chi connectivity index (χ4n) is 2.58. The van der Waals surface area contributed by atoms with Gasteiger partial charge >= 0.3 is 0 Å². The maximum Gasteiger partial charge on any atom is 0.0786 e. The van der Waals surface area contributed by atoms with E-state index in [9.17, 15) is 0 Å². The first-order chi connectivity index (χ1) is 8.18. The van der Waals surface area contributed by atoms with E-state index in [2.05, 4.69) is 16.3 Å². The van der Waals surface area contributed by atoms with Crippen LogP contribution in [0.5, 0.6) is 0 Å². The van der Waals surface area contributed by atoms with Crippen molar-refractivity contribution in [3.05, 3.63) is 23.2 Å². The van der Waals surface area contributed by atoms with Crippen LogP contribution in [0.3, 0.4) is 0 Å². The third-order valence-electron chi connectivity index (χ3n) is 3.49. The molecular weight excluding hydrogens is 232 g/mol. The lowest BCUT2D eigenvalue weighted by molar-refractivity contribution is 0.580. The minimum absolute atomic E-state index is 0.812. The van der Waals surface area contributed by atoms with Crippen molar-refractivity contribution in [1.82, 2.24) is 0 Å². The zero-order chi connectivity index (χ0) is 12.3. The molecule has 0 aromatic heterocycles. The van der Waals surface area contributed by atoms with Crippen LogP contribution in [0.4, 0.5) is 11.4 Å². The SMILES string of the molecule is CN(C)c1c(Cl)cccc1NCC1CCCC1. The minimum Gasteiger partial charge on any atom is -0.383 e. The summed E-state index contributed by atoms with van der Waals surface area (Å²) in [5.74, 6) is 0.837. The smallest absolute Gasteiger partial charge is 0.0786 e. The van der Waals surface area contributed by atoms with Crippen LogP contribution in [0.2, 0.25) is 5.02 Å². The Balaban J connectivity index is 2.06. The summed E-state index contributed by atoms with van der Waals surface area (Å²) in [6, 6.07) is 6.06. The molecule has 0 unspecified atom stereocenters. The minimum atomic E-state index is 0.812. The zero-order valence-corrected chi connectivity index (χ0v) is 11.4. The van der Waals surface area contributed by atoms with Crippen LogP contribution in [-0.4, -0.2) is 20.6 Å². The summed E-state index contributed by atoms with van der Waals surface area (Å²) in [4.78, 5) is 2.07. The van der Waals surface area contributed by atoms with E-state index in [0.717, 1.165) is 28.9 Å². The highest BCUT2D eigenvalue weighted by Crippen LogP contribution is 2.33. The molecule has 94 valence electrons. The predicted molar refractivity (Wildman–Crippen MR) is 76.2 cm³/mol. The Morgan fingerprint density at radius 2 is 2.00 bits per heavy atom. The summed E-state index contributed by atoms with van der Waals surface area (Å²) in [6.07, 6.45) is 5.51. The number of para-hydroxylation sites is 1. The summed E-state index contributed by atoms with van der Waals surface area (Å²) < 4.78 is 0. The molecule has 0 bridgehead atoms. The largest absolute Gasteiger partial charge is 0.383 e. The Morgan fingerprint density at radius 1 is 1.29 bits per heavy atom. The molecule has 0 aliphatic heterocycles. The summed E-state index contributed by atoms with van der Waals surface area (Å²) in [5, 5.41) is 4.36. The number of benzene rings is 1. The van der Waals surface area contributed by atoms with E-state index in [1.807, 2.05) is 26.2 Å². The molecule has 0 atom stereocenters. The third kappa shape index (κ3) is 3.06. The van der Waals surface area contributed by atoms with Crippen LogP contribution in [0.15, 0.2) is 18.2 Å². The number of nitrogens with one attached hydrogen (secondary N) is 1. The molecule has 1 aliphatic rings. The summed E-state index contributed by atoms with van der Waals surface area (Å²) in [5.41, 5.74) is 2.24. The van der Waals surface area contributed by atoms with Gasteiger partial charge in [0.15, 0.2) is 0 Å². The van der Waals surface area contributed by atoms with E-state index < -0.39 is 0 Å². The average Bonchev–Trinajstić information content (AvgIpc) is 2.78. The maximum absolute atomic E-state index is 6.24. The summed E-state index contributed by atoms with van der Waals surface area (Å²) >= 11 is 6.24. The fraction of sp³-hybridized carbons (Fsp3) is 0.571. The fourth-order valence-corrected chi connectivity index (χ4v) is 2.92. The maximum atomic E-state index is 6.24. The Hall–Kier alpha value is -0.890. The molecule has 1 aromatic rings. The normalized spacial score (nSPS) is 16.2. The topological polar surface area (TPSA) is 15.3 Å². The number of anilines is 2. The van der Waals surface area contributed by atoms with Gasteiger partial charge in [-0.1, -0.05) is 30.5 Å². The second-order valence-electron chi connectivity index (χ2n) is 5.06. The lowest BCUT2D eigenvalue weighted by atomic mass is 10.1. The predicted octanol–water partition coefficient (Wildman–Crippen LogP) is 4.01. The van der Waals surface area contributed by atoms with Crippen molar-refractivity contribution in [2.24, 2.45) is 5.92 Å². The van der Waals surface area contributed by atoms with Gasteiger partial charge in [-0.05, 0) is 30.9 Å². The van der Waals surface area contributed by atoms with Gasteiger partial charge in [0.05, 0.1) is 16.4 Å². The molecule has 0 amide bonds. The highest BCUT2D eigenvalue weighted by atomic mass is 35.5. The van der Waals surface area contributed by atoms with Crippen molar-refractivity contribution in [2.75, 3.05) is 30.9 Å². The molecule has 1 N–H and O–H groups in total. The standard InChI is InChI=1S/C14H21ClN2/c1-17(2)14-12(15)8-5-9-13(14)16-10-11-6-3-4-7-11/h5,8-9,11,16H,3-4,6-7,10H2,1-2H3. The van der Waals surface area contributed by atoms with E-state index in [1.165, 1.54) is 25.7 Å². The molecule has 2 nitrogen and oxygen atoms in total. The van der Waals surface area contributed by atoms with Gasteiger partial charge in [0.25, 0.3) is 0 Å². The molecule has 0 saturated heterocycles. The highest BCUT2D eigenvalue weighted by molar-refractivity contribution is 6.34. The quantitative estimate of drug-likeness (QED) is 0.871. The number of hydrogen-bond acceptors (Lipinski definition) is 2. The van der Waals surface area contributed by atoms with Crippen LogP contribution < -0.4 is 10.2 Å². The van der Waals surface area contributed by atoms with Crippen LogP contribution in [0.25, 0.3) is 0 Å². The van der Waals surface area contributed by atoms with Gasteiger partial charge in [0, 0.05) is 20.6 Å². The van der Waals surface area contributed by atoms with Gasteiger partial charge in [-0.2, -0.15) is 0 Å². The molecule has 1 aliphatic carbocycles. The van der Waals surface area contributed by atoms with Crippen molar-refractivity contribution in [3.63, 3.8) is 0 Å².